The van der Waals surface area contributed by atoms with E-state index in [0.29, 0.717) is 11.4 Å². The first-order chi connectivity index (χ1) is 11.0. The number of benzene rings is 1. The molecule has 1 heterocycles. The van der Waals surface area contributed by atoms with Crippen LogP contribution in [0.15, 0.2) is 41.0 Å². The second kappa shape index (κ2) is 7.82. The zero-order valence-corrected chi connectivity index (χ0v) is 14.5. The van der Waals surface area contributed by atoms with Crippen LogP contribution in [-0.2, 0) is 18.3 Å². The van der Waals surface area contributed by atoms with Crippen LogP contribution in [0.5, 0.6) is 5.75 Å². The Morgan fingerprint density at radius 1 is 1.22 bits per heavy atom. The molecule has 0 spiro atoms. The summed E-state index contributed by atoms with van der Waals surface area (Å²) in [5.41, 5.74) is 6.29. The van der Waals surface area contributed by atoms with E-state index in [1.165, 1.54) is 5.56 Å². The summed E-state index contributed by atoms with van der Waals surface area (Å²) in [5.74, 6) is -0.236. The molecule has 0 radical (unpaired) electrons. The third-order valence-corrected chi connectivity index (χ3v) is 3.65. The molecule has 7 heteroatoms. The van der Waals surface area contributed by atoms with E-state index in [9.17, 15) is 9.59 Å². The summed E-state index contributed by atoms with van der Waals surface area (Å²) in [6.07, 6.45) is 2.70. The van der Waals surface area contributed by atoms with Crippen LogP contribution in [0.3, 0.4) is 0 Å². The quantitative estimate of drug-likeness (QED) is 0.782. The van der Waals surface area contributed by atoms with Crippen molar-refractivity contribution in [1.29, 1.82) is 0 Å². The van der Waals surface area contributed by atoms with Crippen LogP contribution < -0.4 is 15.6 Å². The van der Waals surface area contributed by atoms with E-state index in [-0.39, 0.29) is 6.61 Å². The standard InChI is InChI=1S/C16H18BrN3O3/c1-3-11-4-6-13(7-5-11)23-10-15(21)18-19-16(22)14-8-12(17)9-20(14)2/h4-9H,3,10H2,1-2H3,(H,18,21)(H,19,22). The average molecular weight is 380 g/mol. The number of hydrogen-bond acceptors (Lipinski definition) is 3. The van der Waals surface area contributed by atoms with Gasteiger partial charge in [0, 0.05) is 17.7 Å². The highest BCUT2D eigenvalue weighted by molar-refractivity contribution is 9.10. The summed E-state index contributed by atoms with van der Waals surface area (Å²) in [6.45, 7) is 1.89. The molecule has 0 saturated heterocycles. The fourth-order valence-electron chi connectivity index (χ4n) is 1.95. The highest BCUT2D eigenvalue weighted by Gasteiger charge is 2.12. The van der Waals surface area contributed by atoms with Crippen molar-refractivity contribution in [3.05, 3.63) is 52.3 Å². The summed E-state index contributed by atoms with van der Waals surface area (Å²) in [4.78, 5) is 23.6. The Hall–Kier alpha value is -2.28. The van der Waals surface area contributed by atoms with Crippen LogP contribution in [0.2, 0.25) is 0 Å². The second-order valence-electron chi connectivity index (χ2n) is 4.94. The molecule has 0 aliphatic heterocycles. The molecule has 1 aromatic carbocycles. The Labute approximate surface area is 142 Å². The van der Waals surface area contributed by atoms with Crippen molar-refractivity contribution in [1.82, 2.24) is 15.4 Å². The summed E-state index contributed by atoms with van der Waals surface area (Å²) < 4.78 is 7.79. The normalized spacial score (nSPS) is 10.2. The van der Waals surface area contributed by atoms with Gasteiger partial charge in [0.15, 0.2) is 6.61 Å². The minimum Gasteiger partial charge on any atom is -0.484 e. The van der Waals surface area contributed by atoms with Crippen molar-refractivity contribution in [2.45, 2.75) is 13.3 Å². The van der Waals surface area contributed by atoms with Crippen molar-refractivity contribution < 1.29 is 14.3 Å². The molecule has 2 aromatic rings. The first kappa shape index (κ1) is 17.1. The predicted molar refractivity (Wildman–Crippen MR) is 90.0 cm³/mol. The molecule has 0 bridgehead atoms. The maximum Gasteiger partial charge on any atom is 0.286 e. The molecule has 0 aliphatic rings. The van der Waals surface area contributed by atoms with Gasteiger partial charge in [-0.15, -0.1) is 0 Å². The molecule has 23 heavy (non-hydrogen) atoms. The van der Waals surface area contributed by atoms with Crippen molar-refractivity contribution >= 4 is 27.7 Å². The van der Waals surface area contributed by atoms with E-state index in [0.717, 1.165) is 10.9 Å². The van der Waals surface area contributed by atoms with Gasteiger partial charge in [0.2, 0.25) is 0 Å². The van der Waals surface area contributed by atoms with E-state index in [2.05, 4.69) is 33.7 Å². The number of ether oxygens (including phenoxy) is 1. The lowest BCUT2D eigenvalue weighted by Crippen LogP contribution is -2.44. The molecule has 6 nitrogen and oxygen atoms in total. The molecule has 2 amide bonds. The smallest absolute Gasteiger partial charge is 0.286 e. The zero-order valence-electron chi connectivity index (χ0n) is 12.9. The van der Waals surface area contributed by atoms with E-state index in [4.69, 9.17) is 4.74 Å². The number of hydrogen-bond donors (Lipinski definition) is 2. The van der Waals surface area contributed by atoms with Crippen LogP contribution in [0.1, 0.15) is 23.0 Å². The monoisotopic (exact) mass is 379 g/mol. The van der Waals surface area contributed by atoms with Gasteiger partial charge in [0.25, 0.3) is 11.8 Å². The van der Waals surface area contributed by atoms with Crippen molar-refractivity contribution in [2.75, 3.05) is 6.61 Å². The van der Waals surface area contributed by atoms with Gasteiger partial charge in [-0.1, -0.05) is 19.1 Å². The van der Waals surface area contributed by atoms with E-state index < -0.39 is 11.8 Å². The molecule has 0 saturated carbocycles. The average Bonchev–Trinajstić information content (AvgIpc) is 2.89. The Kier molecular flexibility index (Phi) is 5.81. The molecular weight excluding hydrogens is 362 g/mol. The maximum absolute atomic E-state index is 11.9. The predicted octanol–water partition coefficient (Wildman–Crippen LogP) is 2.19. The summed E-state index contributed by atoms with van der Waals surface area (Å²) in [7, 11) is 1.74. The van der Waals surface area contributed by atoms with Gasteiger partial charge in [0.05, 0.1) is 0 Å². The number of aryl methyl sites for hydroxylation is 2. The first-order valence-corrected chi connectivity index (χ1v) is 7.91. The molecule has 122 valence electrons. The molecular formula is C16H18BrN3O3. The van der Waals surface area contributed by atoms with E-state index in [1.54, 1.807) is 23.9 Å². The van der Waals surface area contributed by atoms with Gasteiger partial charge in [-0.2, -0.15) is 0 Å². The molecule has 0 aliphatic carbocycles. The molecule has 2 rings (SSSR count). The maximum atomic E-state index is 11.9. The lowest BCUT2D eigenvalue weighted by atomic mass is 10.2. The number of rotatable bonds is 5. The van der Waals surface area contributed by atoms with Crippen LogP contribution in [0.25, 0.3) is 0 Å². The highest BCUT2D eigenvalue weighted by atomic mass is 79.9. The Morgan fingerprint density at radius 2 is 1.91 bits per heavy atom. The molecule has 0 unspecified atom stereocenters. The Morgan fingerprint density at radius 3 is 2.48 bits per heavy atom. The molecule has 0 atom stereocenters. The van der Waals surface area contributed by atoms with Gasteiger partial charge < -0.3 is 9.30 Å². The Balaban J connectivity index is 1.78. The number of hydrazine groups is 1. The van der Waals surface area contributed by atoms with Gasteiger partial charge in [-0.3, -0.25) is 20.4 Å². The first-order valence-electron chi connectivity index (χ1n) is 7.12. The largest absolute Gasteiger partial charge is 0.484 e. The lowest BCUT2D eigenvalue weighted by Gasteiger charge is -2.09. The minimum absolute atomic E-state index is 0.178. The summed E-state index contributed by atoms with van der Waals surface area (Å²) >= 11 is 3.28. The molecule has 0 fully saturated rings. The van der Waals surface area contributed by atoms with Crippen LogP contribution in [0.4, 0.5) is 0 Å². The van der Waals surface area contributed by atoms with E-state index >= 15 is 0 Å². The van der Waals surface area contributed by atoms with Crippen LogP contribution in [0, 0.1) is 0 Å². The minimum atomic E-state index is -0.439. The number of aromatic nitrogens is 1. The van der Waals surface area contributed by atoms with Crippen molar-refractivity contribution in [3.8, 4) is 5.75 Å². The third-order valence-electron chi connectivity index (χ3n) is 3.22. The molecule has 2 N–H and O–H groups in total. The fraction of sp³-hybridized carbons (Fsp3) is 0.250. The fourth-order valence-corrected chi connectivity index (χ4v) is 2.47. The van der Waals surface area contributed by atoms with Gasteiger partial charge in [0.1, 0.15) is 11.4 Å². The number of nitrogens with one attached hydrogen (secondary N) is 2. The van der Waals surface area contributed by atoms with Crippen molar-refractivity contribution in [3.63, 3.8) is 0 Å². The summed E-state index contributed by atoms with van der Waals surface area (Å²) in [5, 5.41) is 0. The number of nitrogens with zero attached hydrogens (tertiary/aromatic N) is 1. The number of carbonyl (C=O) groups excluding carboxylic acids is 2. The highest BCUT2D eigenvalue weighted by Crippen LogP contribution is 2.13. The van der Waals surface area contributed by atoms with Crippen LogP contribution >= 0.6 is 15.9 Å². The van der Waals surface area contributed by atoms with Gasteiger partial charge >= 0.3 is 0 Å². The SMILES string of the molecule is CCc1ccc(OCC(=O)NNC(=O)c2cc(Br)cn2C)cc1. The lowest BCUT2D eigenvalue weighted by molar-refractivity contribution is -0.123. The molecule has 1 aromatic heterocycles. The van der Waals surface area contributed by atoms with Gasteiger partial charge in [-0.25, -0.2) is 0 Å². The zero-order chi connectivity index (χ0) is 16.8. The number of halogens is 1. The number of amides is 2. The van der Waals surface area contributed by atoms with Crippen LogP contribution in [-0.4, -0.2) is 23.0 Å². The van der Waals surface area contributed by atoms with Gasteiger partial charge in [-0.05, 0) is 46.1 Å². The third kappa shape index (κ3) is 4.85. The van der Waals surface area contributed by atoms with Crippen molar-refractivity contribution in [2.24, 2.45) is 7.05 Å². The summed E-state index contributed by atoms with van der Waals surface area (Å²) in [6, 6.07) is 9.18. The number of carbonyl (C=O) groups is 2. The Bertz CT molecular complexity index is 695. The topological polar surface area (TPSA) is 72.4 Å². The second-order valence-corrected chi connectivity index (χ2v) is 5.86. The van der Waals surface area contributed by atoms with E-state index in [1.807, 2.05) is 24.3 Å².